The number of nitrogens with zero attached hydrogens (tertiary/aromatic N) is 1. The van der Waals surface area contributed by atoms with E-state index in [2.05, 4.69) is 4.74 Å². The number of hydrogen-bond acceptors (Lipinski definition) is 2. The average molecular weight is 438 g/mol. The highest BCUT2D eigenvalue weighted by atomic mass is 19.4. The van der Waals surface area contributed by atoms with Gasteiger partial charge in [-0.3, -0.25) is 4.79 Å². The van der Waals surface area contributed by atoms with E-state index in [-0.39, 0.29) is 12.1 Å². The molecule has 0 aliphatic carbocycles. The lowest BCUT2D eigenvalue weighted by Crippen LogP contribution is -2.17. The molecule has 0 saturated carbocycles. The number of rotatable bonds is 6. The predicted octanol–water partition coefficient (Wildman–Crippen LogP) is 5.35. The van der Waals surface area contributed by atoms with Crippen LogP contribution in [0.4, 0.5) is 22.0 Å². The fourth-order valence-corrected chi connectivity index (χ4v) is 3.66. The second-order valence-corrected chi connectivity index (χ2v) is 6.91. The first kappa shape index (κ1) is 22.3. The van der Waals surface area contributed by atoms with E-state index in [0.29, 0.717) is 34.5 Å². The van der Waals surface area contributed by atoms with Crippen molar-refractivity contribution in [1.82, 2.24) is 4.57 Å². The Morgan fingerprint density at radius 3 is 2.39 bits per heavy atom. The first-order chi connectivity index (χ1) is 14.5. The van der Waals surface area contributed by atoms with E-state index in [0.717, 1.165) is 18.2 Å². The Morgan fingerprint density at radius 1 is 1.10 bits per heavy atom. The number of carbonyl (C=O) groups excluding carboxylic acids is 1. The first-order valence-electron chi connectivity index (χ1n) is 9.33. The Kier molecular flexibility index (Phi) is 6.06. The summed E-state index contributed by atoms with van der Waals surface area (Å²) < 4.78 is 70.6. The largest absolute Gasteiger partial charge is 0.573 e. The third-order valence-corrected chi connectivity index (χ3v) is 4.89. The predicted molar refractivity (Wildman–Crippen MR) is 105 cm³/mol. The minimum atomic E-state index is -4.87. The van der Waals surface area contributed by atoms with Crippen LogP contribution < -0.4 is 10.5 Å². The summed E-state index contributed by atoms with van der Waals surface area (Å²) in [6.07, 6.45) is -4.47. The summed E-state index contributed by atoms with van der Waals surface area (Å²) in [6.45, 7) is 3.56. The van der Waals surface area contributed by atoms with E-state index in [9.17, 15) is 26.7 Å². The molecule has 0 bridgehead atoms. The highest BCUT2D eigenvalue weighted by Crippen LogP contribution is 2.36. The van der Waals surface area contributed by atoms with Crippen LogP contribution in [0.3, 0.4) is 0 Å². The van der Waals surface area contributed by atoms with Crippen LogP contribution in [-0.4, -0.2) is 16.8 Å². The van der Waals surface area contributed by atoms with Crippen molar-refractivity contribution in [3.8, 4) is 16.9 Å². The van der Waals surface area contributed by atoms with Crippen LogP contribution in [0.25, 0.3) is 11.1 Å². The zero-order valence-corrected chi connectivity index (χ0v) is 16.7. The Balaban J connectivity index is 2.17. The van der Waals surface area contributed by atoms with Gasteiger partial charge in [0.25, 0.3) is 5.91 Å². The number of halogens is 5. The summed E-state index contributed by atoms with van der Waals surface area (Å²) in [4.78, 5) is 12.3. The highest BCUT2D eigenvalue weighted by molar-refractivity contribution is 6.02. The van der Waals surface area contributed by atoms with Crippen molar-refractivity contribution >= 4 is 5.91 Å². The fourth-order valence-electron chi connectivity index (χ4n) is 3.66. The maximum Gasteiger partial charge on any atom is 0.573 e. The molecule has 9 heteroatoms. The molecular weight excluding hydrogens is 419 g/mol. The summed E-state index contributed by atoms with van der Waals surface area (Å²) >= 11 is 0. The Bertz CT molecular complexity index is 1140. The third-order valence-electron chi connectivity index (χ3n) is 4.89. The van der Waals surface area contributed by atoms with E-state index in [1.165, 1.54) is 18.2 Å². The summed E-state index contributed by atoms with van der Waals surface area (Å²) in [7, 11) is 0. The maximum atomic E-state index is 13.7. The van der Waals surface area contributed by atoms with Gasteiger partial charge in [0, 0.05) is 23.5 Å². The van der Waals surface area contributed by atoms with Crippen molar-refractivity contribution in [2.24, 2.45) is 5.73 Å². The molecule has 1 amide bonds. The molecule has 0 fully saturated rings. The van der Waals surface area contributed by atoms with Crippen molar-refractivity contribution in [2.75, 3.05) is 0 Å². The average Bonchev–Trinajstić information content (AvgIpc) is 2.95. The molecule has 3 aromatic rings. The van der Waals surface area contributed by atoms with Crippen molar-refractivity contribution < 1.29 is 31.5 Å². The van der Waals surface area contributed by atoms with Crippen LogP contribution in [0.2, 0.25) is 0 Å². The Hall–Kier alpha value is -3.36. The lowest BCUT2D eigenvalue weighted by molar-refractivity contribution is -0.274. The Labute approximate surface area is 175 Å². The van der Waals surface area contributed by atoms with Crippen LogP contribution in [0.5, 0.6) is 5.75 Å². The van der Waals surface area contributed by atoms with E-state index in [4.69, 9.17) is 5.73 Å². The second kappa shape index (κ2) is 8.41. The van der Waals surface area contributed by atoms with Crippen LogP contribution in [-0.2, 0) is 13.0 Å². The summed E-state index contributed by atoms with van der Waals surface area (Å²) in [6, 6.07) is 8.72. The fraction of sp³-hybridized carbons (Fsp3) is 0.227. The molecule has 0 saturated heterocycles. The number of nitrogens with two attached hydrogens (primary N) is 1. The quantitative estimate of drug-likeness (QED) is 0.528. The number of alkyl halides is 3. The molecule has 2 aromatic carbocycles. The number of benzene rings is 2. The van der Waals surface area contributed by atoms with E-state index in [1.807, 2.05) is 0 Å². The monoisotopic (exact) mass is 438 g/mol. The summed E-state index contributed by atoms with van der Waals surface area (Å²) in [5.41, 5.74) is 7.96. The molecule has 164 valence electrons. The van der Waals surface area contributed by atoms with E-state index < -0.39 is 29.7 Å². The van der Waals surface area contributed by atoms with Gasteiger partial charge in [0.1, 0.15) is 5.75 Å². The minimum Gasteiger partial charge on any atom is -0.406 e. The van der Waals surface area contributed by atoms with Gasteiger partial charge in [-0.25, -0.2) is 8.78 Å². The molecular formula is C22H19F5N2O2. The number of ether oxygens (including phenoxy) is 1. The van der Waals surface area contributed by atoms with Crippen molar-refractivity contribution in [3.63, 3.8) is 0 Å². The number of primary amides is 1. The molecule has 31 heavy (non-hydrogen) atoms. The van der Waals surface area contributed by atoms with Gasteiger partial charge in [-0.15, -0.1) is 13.2 Å². The molecule has 1 aromatic heterocycles. The van der Waals surface area contributed by atoms with Crippen molar-refractivity contribution in [1.29, 1.82) is 0 Å². The van der Waals surface area contributed by atoms with Crippen molar-refractivity contribution in [2.45, 2.75) is 33.2 Å². The third kappa shape index (κ3) is 4.70. The summed E-state index contributed by atoms with van der Waals surface area (Å²) in [5, 5.41) is 0. The van der Waals surface area contributed by atoms with Gasteiger partial charge in [0.05, 0.1) is 5.56 Å². The van der Waals surface area contributed by atoms with Gasteiger partial charge in [-0.2, -0.15) is 0 Å². The maximum absolute atomic E-state index is 13.7. The number of amides is 1. The van der Waals surface area contributed by atoms with Crippen LogP contribution in [0.15, 0.2) is 42.5 Å². The second-order valence-electron chi connectivity index (χ2n) is 6.91. The molecule has 3 rings (SSSR count). The van der Waals surface area contributed by atoms with Gasteiger partial charge in [0.15, 0.2) is 11.6 Å². The minimum absolute atomic E-state index is 0.116. The molecule has 0 radical (unpaired) electrons. The normalized spacial score (nSPS) is 11.6. The lowest BCUT2D eigenvalue weighted by Gasteiger charge is -2.13. The van der Waals surface area contributed by atoms with Crippen molar-refractivity contribution in [3.05, 3.63) is 76.6 Å². The van der Waals surface area contributed by atoms with Gasteiger partial charge >= 0.3 is 6.36 Å². The standard InChI is InChI=1S/C22H19F5N2O2/c1-3-18-20(14-5-4-6-15(10-14)31-22(25,26)27)19(21(28)30)12(2)29(18)11-13-7-8-16(23)17(24)9-13/h4-10H,3,11H2,1-2H3,(H2,28,30). The van der Waals surface area contributed by atoms with Gasteiger partial charge < -0.3 is 15.0 Å². The van der Waals surface area contributed by atoms with E-state index >= 15 is 0 Å². The highest BCUT2D eigenvalue weighted by Gasteiger charge is 2.31. The molecule has 0 aliphatic heterocycles. The van der Waals surface area contributed by atoms with Crippen LogP contribution in [0, 0.1) is 18.6 Å². The number of aromatic nitrogens is 1. The summed E-state index contributed by atoms with van der Waals surface area (Å²) in [5.74, 6) is -3.18. The first-order valence-corrected chi connectivity index (χ1v) is 9.33. The topological polar surface area (TPSA) is 57.2 Å². The smallest absolute Gasteiger partial charge is 0.406 e. The van der Waals surface area contributed by atoms with Crippen LogP contribution >= 0.6 is 0 Å². The molecule has 4 nitrogen and oxygen atoms in total. The number of hydrogen-bond donors (Lipinski definition) is 1. The zero-order valence-electron chi connectivity index (χ0n) is 16.7. The molecule has 0 spiro atoms. The van der Waals surface area contributed by atoms with E-state index in [1.54, 1.807) is 24.5 Å². The SMILES string of the molecule is CCc1c(-c2cccc(OC(F)(F)F)c2)c(C(N)=O)c(C)n1Cc1ccc(F)c(F)c1. The molecule has 1 heterocycles. The molecule has 0 atom stereocenters. The Morgan fingerprint density at radius 2 is 1.81 bits per heavy atom. The lowest BCUT2D eigenvalue weighted by atomic mass is 9.98. The van der Waals surface area contributed by atoms with Gasteiger partial charge in [0.2, 0.25) is 0 Å². The number of carbonyl (C=O) groups is 1. The van der Waals surface area contributed by atoms with Gasteiger partial charge in [-0.1, -0.05) is 25.1 Å². The zero-order chi connectivity index (χ0) is 22.9. The molecule has 2 N–H and O–H groups in total. The molecule has 0 aliphatic rings. The van der Waals surface area contributed by atoms with Gasteiger partial charge in [-0.05, 0) is 48.7 Å². The molecule has 0 unspecified atom stereocenters. The van der Waals surface area contributed by atoms with Crippen LogP contribution in [0.1, 0.15) is 34.2 Å².